The van der Waals surface area contributed by atoms with Crippen molar-refractivity contribution in [2.75, 3.05) is 29.0 Å². The lowest BCUT2D eigenvalue weighted by molar-refractivity contribution is 0.782. The van der Waals surface area contributed by atoms with Gasteiger partial charge in [-0.25, -0.2) is 9.97 Å². The second-order valence-electron chi connectivity index (χ2n) is 5.35. The average molecular weight is 356 g/mol. The lowest BCUT2D eigenvalue weighted by Crippen LogP contribution is -2.27. The first-order chi connectivity index (χ1) is 12.1. The Morgan fingerprint density at radius 1 is 1.20 bits per heavy atom. The van der Waals surface area contributed by atoms with Gasteiger partial charge in [0.25, 0.3) is 0 Å². The predicted molar refractivity (Wildman–Crippen MR) is 98.6 cm³/mol. The van der Waals surface area contributed by atoms with Crippen molar-refractivity contribution in [1.82, 2.24) is 9.97 Å². The van der Waals surface area contributed by atoms with E-state index in [2.05, 4.69) is 27.4 Å². The lowest BCUT2D eigenvalue weighted by Gasteiger charge is -2.23. The SMILES string of the molecule is Cc1ccc(Nc2ncnc(N(CCC#N)CCC#N)c2N)cc1Cl. The van der Waals surface area contributed by atoms with Crippen LogP contribution in [0.15, 0.2) is 24.5 Å². The summed E-state index contributed by atoms with van der Waals surface area (Å²) in [6.07, 6.45) is 2.02. The Hall–Kier alpha value is -3.03. The number of anilines is 4. The number of halogens is 1. The Labute approximate surface area is 151 Å². The first-order valence-corrected chi connectivity index (χ1v) is 8.07. The number of aromatic nitrogens is 2. The maximum absolute atomic E-state index is 8.82. The number of nitrogen functional groups attached to an aromatic ring is 1. The molecule has 0 saturated carbocycles. The summed E-state index contributed by atoms with van der Waals surface area (Å²) in [4.78, 5) is 10.2. The van der Waals surface area contributed by atoms with Crippen LogP contribution in [0.25, 0.3) is 0 Å². The monoisotopic (exact) mass is 355 g/mol. The van der Waals surface area contributed by atoms with Crippen LogP contribution in [0, 0.1) is 29.6 Å². The molecule has 0 aliphatic rings. The summed E-state index contributed by atoms with van der Waals surface area (Å²) >= 11 is 6.14. The topological polar surface area (TPSA) is 115 Å². The van der Waals surface area contributed by atoms with Crippen molar-refractivity contribution in [3.8, 4) is 12.1 Å². The van der Waals surface area contributed by atoms with E-state index in [9.17, 15) is 0 Å². The highest BCUT2D eigenvalue weighted by Gasteiger charge is 2.15. The van der Waals surface area contributed by atoms with E-state index >= 15 is 0 Å². The lowest BCUT2D eigenvalue weighted by atomic mass is 10.2. The van der Waals surface area contributed by atoms with Crippen molar-refractivity contribution in [2.45, 2.75) is 19.8 Å². The second kappa shape index (κ2) is 8.72. The highest BCUT2D eigenvalue weighted by Crippen LogP contribution is 2.30. The number of aryl methyl sites for hydroxylation is 1. The quantitative estimate of drug-likeness (QED) is 0.781. The van der Waals surface area contributed by atoms with Crippen LogP contribution >= 0.6 is 11.6 Å². The first kappa shape index (κ1) is 18.3. The van der Waals surface area contributed by atoms with Crippen molar-refractivity contribution in [3.63, 3.8) is 0 Å². The molecule has 2 aromatic rings. The van der Waals surface area contributed by atoms with Gasteiger partial charge in [0.1, 0.15) is 12.0 Å². The molecule has 0 unspecified atom stereocenters. The molecule has 1 aromatic carbocycles. The van der Waals surface area contributed by atoms with E-state index < -0.39 is 0 Å². The molecule has 0 amide bonds. The summed E-state index contributed by atoms with van der Waals surface area (Å²) in [5.74, 6) is 0.949. The fraction of sp³-hybridized carbons (Fsp3) is 0.294. The van der Waals surface area contributed by atoms with E-state index in [1.165, 1.54) is 6.33 Å². The standard InChI is InChI=1S/C17H18ClN7/c1-12-4-5-13(10-14(12)18)24-16-15(21)17(23-11-22-16)25(8-2-6-19)9-3-7-20/h4-5,10-11H,2-3,8-9,21H2,1H3,(H,22,23,24). The van der Waals surface area contributed by atoms with E-state index in [0.29, 0.717) is 48.3 Å². The molecule has 0 aliphatic carbocycles. The molecule has 25 heavy (non-hydrogen) atoms. The van der Waals surface area contributed by atoms with E-state index in [0.717, 1.165) is 11.3 Å². The fourth-order valence-corrected chi connectivity index (χ4v) is 2.42. The Bertz CT molecular complexity index is 805. The third-order valence-electron chi connectivity index (χ3n) is 3.58. The minimum atomic E-state index is 0.311. The van der Waals surface area contributed by atoms with E-state index in [1.807, 2.05) is 24.0 Å². The normalized spacial score (nSPS) is 9.92. The van der Waals surface area contributed by atoms with Gasteiger partial charge in [-0.15, -0.1) is 0 Å². The van der Waals surface area contributed by atoms with Gasteiger partial charge >= 0.3 is 0 Å². The summed E-state index contributed by atoms with van der Waals surface area (Å²) in [6.45, 7) is 2.80. The molecule has 0 fully saturated rings. The first-order valence-electron chi connectivity index (χ1n) is 7.69. The minimum absolute atomic E-state index is 0.311. The third-order valence-corrected chi connectivity index (χ3v) is 3.99. The predicted octanol–water partition coefficient (Wildman–Crippen LogP) is 3.40. The summed E-state index contributed by atoms with van der Waals surface area (Å²) in [7, 11) is 0. The number of rotatable bonds is 7. The maximum atomic E-state index is 8.82. The molecule has 1 heterocycles. The Kier molecular flexibility index (Phi) is 6.39. The molecule has 0 atom stereocenters. The van der Waals surface area contributed by atoms with Gasteiger partial charge in [0.15, 0.2) is 11.6 Å². The van der Waals surface area contributed by atoms with Gasteiger partial charge < -0.3 is 16.0 Å². The van der Waals surface area contributed by atoms with Crippen LogP contribution in [0.4, 0.5) is 23.0 Å². The number of nitrogens with one attached hydrogen (secondary N) is 1. The van der Waals surface area contributed by atoms with Crippen LogP contribution in [-0.2, 0) is 0 Å². The van der Waals surface area contributed by atoms with E-state index in [-0.39, 0.29) is 0 Å². The Morgan fingerprint density at radius 2 is 1.88 bits per heavy atom. The molecule has 3 N–H and O–H groups in total. The summed E-state index contributed by atoms with van der Waals surface area (Å²) in [6, 6.07) is 9.75. The summed E-state index contributed by atoms with van der Waals surface area (Å²) < 4.78 is 0. The van der Waals surface area contributed by atoms with Crippen molar-refractivity contribution in [3.05, 3.63) is 35.1 Å². The van der Waals surface area contributed by atoms with Gasteiger partial charge in [0.2, 0.25) is 0 Å². The van der Waals surface area contributed by atoms with Crippen LogP contribution in [0.3, 0.4) is 0 Å². The van der Waals surface area contributed by atoms with Crippen LogP contribution in [0.2, 0.25) is 5.02 Å². The van der Waals surface area contributed by atoms with Crippen molar-refractivity contribution in [1.29, 1.82) is 10.5 Å². The number of nitrogens with zero attached hydrogens (tertiary/aromatic N) is 5. The molecule has 0 bridgehead atoms. The zero-order valence-electron chi connectivity index (χ0n) is 13.8. The highest BCUT2D eigenvalue weighted by molar-refractivity contribution is 6.31. The van der Waals surface area contributed by atoms with E-state index in [4.69, 9.17) is 27.9 Å². The zero-order valence-corrected chi connectivity index (χ0v) is 14.6. The molecule has 0 saturated heterocycles. The van der Waals surface area contributed by atoms with Crippen molar-refractivity contribution in [2.24, 2.45) is 0 Å². The highest BCUT2D eigenvalue weighted by atomic mass is 35.5. The van der Waals surface area contributed by atoms with Crippen molar-refractivity contribution >= 4 is 34.6 Å². The van der Waals surface area contributed by atoms with Crippen LogP contribution in [-0.4, -0.2) is 23.1 Å². The smallest absolute Gasteiger partial charge is 0.159 e. The average Bonchev–Trinajstić information content (AvgIpc) is 2.60. The van der Waals surface area contributed by atoms with Crippen LogP contribution in [0.5, 0.6) is 0 Å². The molecule has 7 nitrogen and oxygen atoms in total. The van der Waals surface area contributed by atoms with Crippen LogP contribution < -0.4 is 16.0 Å². The maximum Gasteiger partial charge on any atom is 0.159 e. The minimum Gasteiger partial charge on any atom is -0.393 e. The number of benzene rings is 1. The number of nitrogens with two attached hydrogens (primary N) is 1. The molecule has 0 radical (unpaired) electrons. The van der Waals surface area contributed by atoms with Gasteiger partial charge in [-0.1, -0.05) is 17.7 Å². The van der Waals surface area contributed by atoms with Gasteiger partial charge in [0, 0.05) is 23.8 Å². The summed E-state index contributed by atoms with van der Waals surface area (Å²) in [5, 5.41) is 21.4. The zero-order chi connectivity index (χ0) is 18.2. The number of hydrogen-bond donors (Lipinski definition) is 2. The number of nitriles is 2. The Balaban J connectivity index is 2.29. The second-order valence-corrected chi connectivity index (χ2v) is 5.76. The van der Waals surface area contributed by atoms with Crippen molar-refractivity contribution < 1.29 is 0 Å². The molecule has 1 aromatic heterocycles. The number of hydrogen-bond acceptors (Lipinski definition) is 7. The van der Waals surface area contributed by atoms with Gasteiger partial charge in [0.05, 0.1) is 25.0 Å². The molecule has 0 spiro atoms. The van der Waals surface area contributed by atoms with Gasteiger partial charge in [-0.2, -0.15) is 10.5 Å². The largest absolute Gasteiger partial charge is 0.393 e. The third kappa shape index (κ3) is 4.72. The molecule has 0 aliphatic heterocycles. The van der Waals surface area contributed by atoms with Gasteiger partial charge in [-0.3, -0.25) is 0 Å². The summed E-state index contributed by atoms with van der Waals surface area (Å²) in [5.41, 5.74) is 8.30. The van der Waals surface area contributed by atoms with Crippen LogP contribution in [0.1, 0.15) is 18.4 Å². The Morgan fingerprint density at radius 3 is 2.48 bits per heavy atom. The molecular formula is C17H18ClN7. The fourth-order valence-electron chi connectivity index (χ4n) is 2.24. The molecule has 8 heteroatoms. The molecular weight excluding hydrogens is 338 g/mol. The molecule has 2 rings (SSSR count). The van der Waals surface area contributed by atoms with Gasteiger partial charge in [-0.05, 0) is 24.6 Å². The van der Waals surface area contributed by atoms with E-state index in [1.54, 1.807) is 6.07 Å². The molecule has 128 valence electrons.